The van der Waals surface area contributed by atoms with Crippen molar-refractivity contribution in [2.75, 3.05) is 13.1 Å². The van der Waals surface area contributed by atoms with E-state index >= 15 is 0 Å². The second-order valence-electron chi connectivity index (χ2n) is 7.89. The predicted molar refractivity (Wildman–Crippen MR) is 110 cm³/mol. The zero-order valence-corrected chi connectivity index (χ0v) is 16.9. The van der Waals surface area contributed by atoms with Crippen molar-refractivity contribution in [3.8, 4) is 5.75 Å². The second kappa shape index (κ2) is 8.34. The summed E-state index contributed by atoms with van der Waals surface area (Å²) >= 11 is 0. The first-order valence-corrected chi connectivity index (χ1v) is 10.1. The second-order valence-corrected chi connectivity index (χ2v) is 7.89. The molecule has 31 heavy (non-hydrogen) atoms. The van der Waals surface area contributed by atoms with Crippen molar-refractivity contribution in [2.45, 2.75) is 38.6 Å². The molecule has 1 saturated heterocycles. The summed E-state index contributed by atoms with van der Waals surface area (Å²) < 4.78 is 58.9. The molecular weight excluding hydrogens is 412 g/mol. The lowest BCUT2D eigenvalue weighted by Gasteiger charge is -2.32. The highest BCUT2D eigenvalue weighted by Crippen LogP contribution is 2.30. The third-order valence-corrected chi connectivity index (χ3v) is 5.68. The number of rotatable bonds is 4. The standard InChI is InChI=1S/C23H22F4N2O2/c1-14-12-28-22(30)18-6-7-19(21(24)20(14)18)31-17-8-10-29(11-9-17)13-15-2-4-16(5-3-15)23(25,26)27/h2-7,12,17H,8-11,13H2,1H3,(H,28,30). The van der Waals surface area contributed by atoms with Crippen molar-refractivity contribution in [1.82, 2.24) is 9.88 Å². The van der Waals surface area contributed by atoms with Gasteiger partial charge in [-0.25, -0.2) is 4.39 Å². The summed E-state index contributed by atoms with van der Waals surface area (Å²) in [7, 11) is 0. The van der Waals surface area contributed by atoms with Gasteiger partial charge in [0, 0.05) is 31.2 Å². The van der Waals surface area contributed by atoms with Crippen LogP contribution in [0.2, 0.25) is 0 Å². The maximum atomic E-state index is 15.0. The van der Waals surface area contributed by atoms with Crippen molar-refractivity contribution >= 4 is 10.8 Å². The Bertz CT molecular complexity index is 1130. The van der Waals surface area contributed by atoms with Gasteiger partial charge in [0.1, 0.15) is 6.10 Å². The molecule has 4 rings (SSSR count). The van der Waals surface area contributed by atoms with Crippen LogP contribution in [0.4, 0.5) is 17.6 Å². The zero-order chi connectivity index (χ0) is 22.2. The fraction of sp³-hybridized carbons (Fsp3) is 0.348. The Morgan fingerprint density at radius 1 is 1.10 bits per heavy atom. The Morgan fingerprint density at radius 2 is 1.77 bits per heavy atom. The van der Waals surface area contributed by atoms with Crippen LogP contribution in [-0.4, -0.2) is 29.1 Å². The van der Waals surface area contributed by atoms with Crippen molar-refractivity contribution in [2.24, 2.45) is 0 Å². The summed E-state index contributed by atoms with van der Waals surface area (Å²) in [5.41, 5.74) is 0.443. The lowest BCUT2D eigenvalue weighted by atomic mass is 10.0. The molecular formula is C23H22F4N2O2. The summed E-state index contributed by atoms with van der Waals surface area (Å²) in [4.78, 5) is 16.6. The van der Waals surface area contributed by atoms with E-state index in [0.717, 1.165) is 17.7 Å². The van der Waals surface area contributed by atoms with Gasteiger partial charge in [0.2, 0.25) is 0 Å². The van der Waals surface area contributed by atoms with Crippen LogP contribution in [0.25, 0.3) is 10.8 Å². The van der Waals surface area contributed by atoms with Gasteiger partial charge in [-0.15, -0.1) is 0 Å². The molecule has 0 saturated carbocycles. The van der Waals surface area contributed by atoms with Crippen molar-refractivity contribution < 1.29 is 22.3 Å². The highest BCUT2D eigenvalue weighted by atomic mass is 19.4. The summed E-state index contributed by atoms with van der Waals surface area (Å²) in [5.74, 6) is -0.407. The number of aromatic nitrogens is 1. The van der Waals surface area contributed by atoms with Crippen LogP contribution >= 0.6 is 0 Å². The summed E-state index contributed by atoms with van der Waals surface area (Å²) in [6.45, 7) is 3.67. The van der Waals surface area contributed by atoms with Gasteiger partial charge in [-0.3, -0.25) is 9.69 Å². The van der Waals surface area contributed by atoms with Gasteiger partial charge in [-0.05, 0) is 55.2 Å². The van der Waals surface area contributed by atoms with Crippen LogP contribution < -0.4 is 10.3 Å². The maximum absolute atomic E-state index is 15.0. The summed E-state index contributed by atoms with van der Waals surface area (Å²) in [6.07, 6.45) is -1.67. The van der Waals surface area contributed by atoms with E-state index in [9.17, 15) is 22.4 Å². The number of ether oxygens (including phenoxy) is 1. The molecule has 2 aromatic carbocycles. The number of pyridine rings is 1. The molecule has 164 valence electrons. The van der Waals surface area contributed by atoms with E-state index in [2.05, 4.69) is 9.88 Å². The Hall–Kier alpha value is -2.87. The molecule has 0 radical (unpaired) electrons. The summed E-state index contributed by atoms with van der Waals surface area (Å²) in [5, 5.41) is 0.553. The molecule has 1 aliphatic rings. The third-order valence-electron chi connectivity index (χ3n) is 5.68. The Labute approximate surface area is 176 Å². The molecule has 0 unspecified atom stereocenters. The number of hydrogen-bond acceptors (Lipinski definition) is 3. The molecule has 1 N–H and O–H groups in total. The Kier molecular flexibility index (Phi) is 5.75. The van der Waals surface area contributed by atoms with Crippen LogP contribution in [0.5, 0.6) is 5.75 Å². The first kappa shape index (κ1) is 21.4. The number of H-pyrrole nitrogens is 1. The van der Waals surface area contributed by atoms with E-state index < -0.39 is 17.6 Å². The number of halogens is 4. The van der Waals surface area contributed by atoms with Gasteiger partial charge in [-0.2, -0.15) is 13.2 Å². The minimum atomic E-state index is -4.34. The van der Waals surface area contributed by atoms with E-state index in [0.29, 0.717) is 38.0 Å². The molecule has 0 bridgehead atoms. The van der Waals surface area contributed by atoms with Gasteiger partial charge in [0.25, 0.3) is 5.56 Å². The van der Waals surface area contributed by atoms with Gasteiger partial charge < -0.3 is 9.72 Å². The number of hydrogen-bond donors (Lipinski definition) is 1. The van der Waals surface area contributed by atoms with Crippen LogP contribution in [0.15, 0.2) is 47.4 Å². The maximum Gasteiger partial charge on any atom is 0.416 e. The van der Waals surface area contributed by atoms with Gasteiger partial charge in [0.05, 0.1) is 10.9 Å². The SMILES string of the molecule is Cc1c[nH]c(=O)c2ccc(OC3CCN(Cc4ccc(C(F)(F)F)cc4)CC3)c(F)c12. The number of aromatic amines is 1. The Balaban J connectivity index is 1.38. The van der Waals surface area contributed by atoms with E-state index in [1.807, 2.05) is 0 Å². The van der Waals surface area contributed by atoms with Gasteiger partial charge >= 0.3 is 6.18 Å². The van der Waals surface area contributed by atoms with Crippen molar-refractivity contribution in [3.63, 3.8) is 0 Å². The number of nitrogens with one attached hydrogen (secondary N) is 1. The van der Waals surface area contributed by atoms with Crippen molar-refractivity contribution in [3.05, 3.63) is 75.5 Å². The minimum Gasteiger partial charge on any atom is -0.487 e. The largest absolute Gasteiger partial charge is 0.487 e. The fourth-order valence-corrected chi connectivity index (χ4v) is 3.97. The average Bonchev–Trinajstić information content (AvgIpc) is 2.73. The average molecular weight is 434 g/mol. The molecule has 1 aliphatic heterocycles. The number of aryl methyl sites for hydroxylation is 1. The van der Waals surface area contributed by atoms with E-state index in [1.165, 1.54) is 24.4 Å². The molecule has 2 heterocycles. The van der Waals surface area contributed by atoms with Gasteiger partial charge in [-0.1, -0.05) is 12.1 Å². The zero-order valence-electron chi connectivity index (χ0n) is 16.9. The van der Waals surface area contributed by atoms with Crippen LogP contribution in [-0.2, 0) is 12.7 Å². The molecule has 1 fully saturated rings. The Morgan fingerprint density at radius 3 is 2.42 bits per heavy atom. The quantitative estimate of drug-likeness (QED) is 0.586. The summed E-state index contributed by atoms with van der Waals surface area (Å²) in [6, 6.07) is 8.25. The topological polar surface area (TPSA) is 45.3 Å². The highest BCUT2D eigenvalue weighted by Gasteiger charge is 2.30. The number of fused-ring (bicyclic) bond motifs is 1. The molecule has 0 aliphatic carbocycles. The fourth-order valence-electron chi connectivity index (χ4n) is 3.97. The number of piperidine rings is 1. The lowest BCUT2D eigenvalue weighted by molar-refractivity contribution is -0.137. The first-order valence-electron chi connectivity index (χ1n) is 10.1. The molecule has 1 aromatic heterocycles. The normalized spacial score (nSPS) is 16.0. The van der Waals surface area contributed by atoms with Crippen molar-refractivity contribution in [1.29, 1.82) is 0 Å². The molecule has 0 spiro atoms. The first-order chi connectivity index (χ1) is 14.7. The van der Waals surface area contributed by atoms with Crippen LogP contribution in [0, 0.1) is 12.7 Å². The smallest absolute Gasteiger partial charge is 0.416 e. The van der Waals surface area contributed by atoms with Crippen LogP contribution in [0.1, 0.15) is 29.5 Å². The van der Waals surface area contributed by atoms with E-state index in [4.69, 9.17) is 4.74 Å². The monoisotopic (exact) mass is 434 g/mol. The van der Waals surface area contributed by atoms with Crippen LogP contribution in [0.3, 0.4) is 0 Å². The molecule has 4 nitrogen and oxygen atoms in total. The number of nitrogens with zero attached hydrogens (tertiary/aromatic N) is 1. The minimum absolute atomic E-state index is 0.127. The third kappa shape index (κ3) is 4.58. The van der Waals surface area contributed by atoms with E-state index in [1.54, 1.807) is 13.0 Å². The molecule has 0 amide bonds. The highest BCUT2D eigenvalue weighted by molar-refractivity contribution is 5.86. The van der Waals surface area contributed by atoms with Gasteiger partial charge in [0.15, 0.2) is 11.6 Å². The number of likely N-dealkylation sites (tertiary alicyclic amines) is 1. The predicted octanol–water partition coefficient (Wildman–Crippen LogP) is 5.04. The van der Waals surface area contributed by atoms with E-state index in [-0.39, 0.29) is 28.2 Å². The lowest BCUT2D eigenvalue weighted by Crippen LogP contribution is -2.37. The molecule has 8 heteroatoms. The molecule has 0 atom stereocenters. The number of alkyl halides is 3. The molecule has 3 aromatic rings. The number of benzene rings is 2.